The molecule has 0 atom stereocenters. The van der Waals surface area contributed by atoms with Crippen molar-refractivity contribution in [2.24, 2.45) is 0 Å². The van der Waals surface area contributed by atoms with Crippen LogP contribution in [0.5, 0.6) is 5.75 Å². The van der Waals surface area contributed by atoms with Crippen LogP contribution in [0.15, 0.2) is 59.1 Å². The van der Waals surface area contributed by atoms with Gasteiger partial charge in [0, 0.05) is 30.0 Å². The maximum Gasteiger partial charge on any atom is 0.254 e. The molecule has 1 heterocycles. The zero-order chi connectivity index (χ0) is 19.8. The van der Waals surface area contributed by atoms with Gasteiger partial charge in [-0.2, -0.15) is 0 Å². The number of benzene rings is 2. The van der Waals surface area contributed by atoms with Gasteiger partial charge in [-0.3, -0.25) is 9.59 Å². The second-order valence-corrected chi connectivity index (χ2v) is 7.73. The molecule has 3 rings (SSSR count). The van der Waals surface area contributed by atoms with Crippen molar-refractivity contribution in [2.75, 3.05) is 19.7 Å². The average molecular weight is 445 g/mol. The van der Waals surface area contributed by atoms with Crippen LogP contribution in [0.4, 0.5) is 0 Å². The first-order valence-electron chi connectivity index (χ1n) is 9.64. The Morgan fingerprint density at radius 2 is 1.71 bits per heavy atom. The Bertz CT molecular complexity index is 789. The molecule has 6 heteroatoms. The summed E-state index contributed by atoms with van der Waals surface area (Å²) in [5, 5.41) is 3.09. The van der Waals surface area contributed by atoms with Crippen LogP contribution in [0.2, 0.25) is 0 Å². The molecule has 148 valence electrons. The van der Waals surface area contributed by atoms with Crippen LogP contribution in [0.1, 0.15) is 36.0 Å². The number of nitrogens with zero attached hydrogens (tertiary/aromatic N) is 1. The highest BCUT2D eigenvalue weighted by Crippen LogP contribution is 2.20. The molecule has 2 amide bonds. The highest BCUT2D eigenvalue weighted by atomic mass is 79.9. The van der Waals surface area contributed by atoms with Gasteiger partial charge in [-0.25, -0.2) is 0 Å². The van der Waals surface area contributed by atoms with Crippen molar-refractivity contribution in [3.63, 3.8) is 0 Å². The molecule has 0 aromatic heterocycles. The fourth-order valence-electron chi connectivity index (χ4n) is 3.27. The molecule has 5 nitrogen and oxygen atoms in total. The first-order chi connectivity index (χ1) is 13.6. The van der Waals surface area contributed by atoms with Crippen molar-refractivity contribution in [3.8, 4) is 5.75 Å². The normalized spacial score (nSPS) is 14.5. The van der Waals surface area contributed by atoms with E-state index in [2.05, 4.69) is 21.2 Å². The molecule has 2 aromatic rings. The lowest BCUT2D eigenvalue weighted by molar-refractivity contribution is -0.122. The van der Waals surface area contributed by atoms with E-state index in [1.807, 2.05) is 59.5 Å². The Morgan fingerprint density at radius 3 is 2.43 bits per heavy atom. The van der Waals surface area contributed by atoms with E-state index in [9.17, 15) is 9.59 Å². The summed E-state index contributed by atoms with van der Waals surface area (Å²) < 4.78 is 6.42. The quantitative estimate of drug-likeness (QED) is 0.655. The minimum absolute atomic E-state index is 0.0373. The van der Waals surface area contributed by atoms with Crippen LogP contribution in [-0.2, 0) is 4.79 Å². The number of para-hydroxylation sites is 1. The Kier molecular flexibility index (Phi) is 7.48. The third-order valence-electron chi connectivity index (χ3n) is 4.81. The number of carbonyl (C=O) groups is 2. The number of carbonyl (C=O) groups excluding carboxylic acids is 2. The van der Waals surface area contributed by atoms with Crippen molar-refractivity contribution >= 4 is 27.7 Å². The van der Waals surface area contributed by atoms with Gasteiger partial charge >= 0.3 is 0 Å². The summed E-state index contributed by atoms with van der Waals surface area (Å²) in [5.74, 6) is 0.910. The lowest BCUT2D eigenvalue weighted by atomic mass is 10.0. The molecule has 1 aliphatic heterocycles. The smallest absolute Gasteiger partial charge is 0.254 e. The van der Waals surface area contributed by atoms with Crippen LogP contribution >= 0.6 is 15.9 Å². The van der Waals surface area contributed by atoms with Crippen LogP contribution < -0.4 is 10.1 Å². The number of rotatable bonds is 7. The summed E-state index contributed by atoms with van der Waals surface area (Å²) in [6.45, 7) is 1.83. The van der Waals surface area contributed by atoms with E-state index in [1.165, 1.54) is 0 Å². The molecule has 0 radical (unpaired) electrons. The zero-order valence-corrected chi connectivity index (χ0v) is 17.4. The molecule has 1 saturated heterocycles. The number of hydrogen-bond donors (Lipinski definition) is 1. The fraction of sp³-hybridized carbons (Fsp3) is 0.364. The molecular formula is C22H25BrN2O3. The van der Waals surface area contributed by atoms with Gasteiger partial charge in [0.25, 0.3) is 5.91 Å². The fourth-order valence-corrected chi connectivity index (χ4v) is 3.73. The Labute approximate surface area is 174 Å². The van der Waals surface area contributed by atoms with Crippen LogP contribution in [-0.4, -0.2) is 42.5 Å². The molecule has 1 aliphatic rings. The van der Waals surface area contributed by atoms with Gasteiger partial charge in [0.05, 0.1) is 12.2 Å². The molecule has 2 aromatic carbocycles. The lowest BCUT2D eigenvalue weighted by Crippen LogP contribution is -2.46. The van der Waals surface area contributed by atoms with Crippen molar-refractivity contribution < 1.29 is 14.3 Å². The van der Waals surface area contributed by atoms with E-state index >= 15 is 0 Å². The van der Waals surface area contributed by atoms with E-state index in [-0.39, 0.29) is 17.9 Å². The highest BCUT2D eigenvalue weighted by Gasteiger charge is 2.25. The molecular weight excluding hydrogens is 420 g/mol. The van der Waals surface area contributed by atoms with Gasteiger partial charge in [-0.05, 0) is 59.5 Å². The van der Waals surface area contributed by atoms with Gasteiger partial charge < -0.3 is 15.0 Å². The number of hydrogen-bond acceptors (Lipinski definition) is 3. The Hall–Kier alpha value is -2.34. The molecule has 0 aliphatic carbocycles. The number of ether oxygens (including phenoxy) is 1. The van der Waals surface area contributed by atoms with Crippen molar-refractivity contribution in [1.82, 2.24) is 10.2 Å². The first-order valence-corrected chi connectivity index (χ1v) is 10.4. The summed E-state index contributed by atoms with van der Waals surface area (Å²) in [5.41, 5.74) is 0.684. The second kappa shape index (κ2) is 10.3. The lowest BCUT2D eigenvalue weighted by Gasteiger charge is -2.32. The van der Waals surface area contributed by atoms with Gasteiger partial charge in [0.1, 0.15) is 5.75 Å². The molecule has 0 saturated carbocycles. The molecule has 28 heavy (non-hydrogen) atoms. The van der Waals surface area contributed by atoms with E-state index < -0.39 is 0 Å². The molecule has 0 bridgehead atoms. The SMILES string of the molecule is O=C(CCCOc1ccccc1)NC1CCN(C(=O)c2ccccc2Br)CC1. The Morgan fingerprint density at radius 1 is 1.04 bits per heavy atom. The van der Waals surface area contributed by atoms with Crippen molar-refractivity contribution in [3.05, 3.63) is 64.6 Å². The number of halogens is 1. The second-order valence-electron chi connectivity index (χ2n) is 6.88. The molecule has 0 unspecified atom stereocenters. The number of piperidine rings is 1. The number of likely N-dealkylation sites (tertiary alicyclic amines) is 1. The van der Waals surface area contributed by atoms with E-state index in [4.69, 9.17) is 4.74 Å². The van der Waals surface area contributed by atoms with Crippen LogP contribution in [0, 0.1) is 0 Å². The summed E-state index contributed by atoms with van der Waals surface area (Å²) in [7, 11) is 0. The summed E-state index contributed by atoms with van der Waals surface area (Å²) in [6, 6.07) is 17.2. The van der Waals surface area contributed by atoms with Crippen molar-refractivity contribution in [1.29, 1.82) is 0 Å². The predicted octanol–water partition coefficient (Wildman–Crippen LogP) is 4.03. The molecule has 1 N–H and O–H groups in total. The summed E-state index contributed by atoms with van der Waals surface area (Å²) in [6.07, 6.45) is 2.69. The minimum atomic E-state index is 0.0373. The Balaban J connectivity index is 1.35. The average Bonchev–Trinajstić information content (AvgIpc) is 2.72. The summed E-state index contributed by atoms with van der Waals surface area (Å²) in [4.78, 5) is 26.6. The zero-order valence-electron chi connectivity index (χ0n) is 15.8. The van der Waals surface area contributed by atoms with Gasteiger partial charge in [0.15, 0.2) is 0 Å². The van der Waals surface area contributed by atoms with Crippen LogP contribution in [0.3, 0.4) is 0 Å². The monoisotopic (exact) mass is 444 g/mol. The topological polar surface area (TPSA) is 58.6 Å². The third kappa shape index (κ3) is 5.83. The van der Waals surface area contributed by atoms with E-state index in [0.717, 1.165) is 23.1 Å². The number of nitrogens with one attached hydrogen (secondary N) is 1. The number of amides is 2. The summed E-state index contributed by atoms with van der Waals surface area (Å²) >= 11 is 3.44. The highest BCUT2D eigenvalue weighted by molar-refractivity contribution is 9.10. The first kappa shape index (κ1) is 20.4. The van der Waals surface area contributed by atoms with Gasteiger partial charge in [-0.1, -0.05) is 30.3 Å². The third-order valence-corrected chi connectivity index (χ3v) is 5.50. The minimum Gasteiger partial charge on any atom is -0.494 e. The molecule has 1 fully saturated rings. The maximum absolute atomic E-state index is 12.6. The van der Waals surface area contributed by atoms with Gasteiger partial charge in [0.2, 0.25) is 5.91 Å². The largest absolute Gasteiger partial charge is 0.494 e. The van der Waals surface area contributed by atoms with Crippen molar-refractivity contribution in [2.45, 2.75) is 31.7 Å². The standard InChI is InChI=1S/C22H25BrN2O3/c23-20-10-5-4-9-19(20)22(27)25-14-12-17(13-15-25)24-21(26)11-6-16-28-18-7-2-1-3-8-18/h1-5,7-10,17H,6,11-16H2,(H,24,26). The van der Waals surface area contributed by atoms with Crippen LogP contribution in [0.25, 0.3) is 0 Å². The van der Waals surface area contributed by atoms with E-state index in [0.29, 0.717) is 38.1 Å². The van der Waals surface area contributed by atoms with Gasteiger partial charge in [-0.15, -0.1) is 0 Å². The maximum atomic E-state index is 12.6. The molecule has 0 spiro atoms. The van der Waals surface area contributed by atoms with E-state index in [1.54, 1.807) is 0 Å². The predicted molar refractivity (Wildman–Crippen MR) is 112 cm³/mol.